The van der Waals surface area contributed by atoms with Gasteiger partial charge in [0.2, 0.25) is 0 Å². The van der Waals surface area contributed by atoms with Crippen LogP contribution in [0.4, 0.5) is 0 Å². The van der Waals surface area contributed by atoms with Crippen LogP contribution in [0.1, 0.15) is 15.9 Å². The number of carbonyl (C=O) groups is 2. The number of halogens is 1. The maximum absolute atomic E-state index is 11.9. The van der Waals surface area contributed by atoms with Gasteiger partial charge in [-0.25, -0.2) is 0 Å². The number of carboxylic acid groups (broad SMARTS) is 1. The zero-order chi connectivity index (χ0) is 15.9. The molecule has 2 rings (SSSR count). The third-order valence-electron chi connectivity index (χ3n) is 2.79. The number of hydrogen-bond donors (Lipinski definition) is 0. The summed E-state index contributed by atoms with van der Waals surface area (Å²) >= 11 is 5.77. The van der Waals surface area contributed by atoms with Crippen molar-refractivity contribution in [1.82, 2.24) is 0 Å². The second kappa shape index (κ2) is 7.43. The molecule has 4 nitrogen and oxygen atoms in total. The van der Waals surface area contributed by atoms with Gasteiger partial charge in [-0.15, -0.1) is 0 Å². The van der Waals surface area contributed by atoms with Gasteiger partial charge in [0.1, 0.15) is 12.4 Å². The molecule has 0 N–H and O–H groups in total. The van der Waals surface area contributed by atoms with Gasteiger partial charge in [0, 0.05) is 10.6 Å². The number of aliphatic carboxylic acids is 1. The molecule has 2 aromatic rings. The van der Waals surface area contributed by atoms with Gasteiger partial charge < -0.3 is 14.6 Å². The maximum atomic E-state index is 11.9. The van der Waals surface area contributed by atoms with Crippen molar-refractivity contribution >= 4 is 29.4 Å². The van der Waals surface area contributed by atoms with Gasteiger partial charge in [-0.1, -0.05) is 29.8 Å². The van der Waals surface area contributed by atoms with E-state index in [1.807, 2.05) is 0 Å². The first kappa shape index (κ1) is 15.8. The van der Waals surface area contributed by atoms with E-state index < -0.39 is 12.6 Å². The molecule has 0 aromatic heterocycles. The number of ketones is 1. The molecule has 0 fully saturated rings. The van der Waals surface area contributed by atoms with E-state index in [2.05, 4.69) is 0 Å². The van der Waals surface area contributed by atoms with Crippen molar-refractivity contribution in [1.29, 1.82) is 0 Å². The molecule has 2 aromatic carbocycles. The van der Waals surface area contributed by atoms with Crippen LogP contribution >= 0.6 is 11.6 Å². The molecule has 0 atom stereocenters. The Bertz CT molecular complexity index is 688. The molecule has 0 heterocycles. The van der Waals surface area contributed by atoms with Crippen molar-refractivity contribution in [2.24, 2.45) is 0 Å². The van der Waals surface area contributed by atoms with Crippen LogP contribution in [0, 0.1) is 0 Å². The molecule has 0 unspecified atom stereocenters. The van der Waals surface area contributed by atoms with Crippen molar-refractivity contribution in [2.45, 2.75) is 0 Å². The van der Waals surface area contributed by atoms with Crippen LogP contribution in [0.25, 0.3) is 6.08 Å². The largest absolute Gasteiger partial charge is 0.546 e. The lowest BCUT2D eigenvalue weighted by Gasteiger charge is -2.06. The Kier molecular flexibility index (Phi) is 5.33. The minimum absolute atomic E-state index is 0.131. The molecular weight excluding hydrogens is 304 g/mol. The normalized spacial score (nSPS) is 10.6. The van der Waals surface area contributed by atoms with Crippen molar-refractivity contribution in [3.63, 3.8) is 0 Å². The van der Waals surface area contributed by atoms with Gasteiger partial charge >= 0.3 is 0 Å². The summed E-state index contributed by atoms with van der Waals surface area (Å²) in [7, 11) is 0. The molecule has 0 amide bonds. The summed E-state index contributed by atoms with van der Waals surface area (Å²) in [6, 6.07) is 13.3. The lowest BCUT2D eigenvalue weighted by Crippen LogP contribution is -2.28. The van der Waals surface area contributed by atoms with Crippen LogP contribution in [0.3, 0.4) is 0 Å². The predicted octanol–water partition coefficient (Wildman–Crippen LogP) is 2.36. The zero-order valence-corrected chi connectivity index (χ0v) is 12.2. The highest BCUT2D eigenvalue weighted by Gasteiger charge is 2.01. The molecule has 0 aliphatic carbocycles. The molecule has 5 heteroatoms. The molecule has 0 saturated carbocycles. The molecule has 0 aliphatic heterocycles. The lowest BCUT2D eigenvalue weighted by atomic mass is 10.1. The Hall–Kier alpha value is -2.59. The van der Waals surface area contributed by atoms with Crippen LogP contribution < -0.4 is 9.84 Å². The van der Waals surface area contributed by atoms with Gasteiger partial charge in [-0.05, 0) is 48.0 Å². The summed E-state index contributed by atoms with van der Waals surface area (Å²) in [5.41, 5.74) is 1.35. The van der Waals surface area contributed by atoms with E-state index in [9.17, 15) is 14.7 Å². The maximum Gasteiger partial charge on any atom is 0.185 e. The first-order valence-corrected chi connectivity index (χ1v) is 6.83. The molecule has 0 spiro atoms. The molecule has 112 valence electrons. The third-order valence-corrected chi connectivity index (χ3v) is 3.04. The van der Waals surface area contributed by atoms with Crippen LogP contribution in [-0.4, -0.2) is 18.4 Å². The number of rotatable bonds is 6. The Morgan fingerprint density at radius 1 is 1.05 bits per heavy atom. The number of hydrogen-bond acceptors (Lipinski definition) is 4. The van der Waals surface area contributed by atoms with E-state index >= 15 is 0 Å². The average molecular weight is 316 g/mol. The van der Waals surface area contributed by atoms with Crippen molar-refractivity contribution in [3.8, 4) is 5.75 Å². The quantitative estimate of drug-likeness (QED) is 0.606. The molecule has 0 saturated heterocycles. The average Bonchev–Trinajstić information content (AvgIpc) is 2.52. The number of ether oxygens (including phenoxy) is 1. The summed E-state index contributed by atoms with van der Waals surface area (Å²) in [5, 5.41) is 10.9. The summed E-state index contributed by atoms with van der Waals surface area (Å²) < 4.78 is 4.96. The summed E-state index contributed by atoms with van der Waals surface area (Å²) in [5.74, 6) is -0.989. The Labute approximate surface area is 132 Å². The Balaban J connectivity index is 1.99. The SMILES string of the molecule is O=C([O-])COc1ccc(/C=C/C(=O)c2ccc(Cl)cc2)cc1. The topological polar surface area (TPSA) is 66.4 Å². The fourth-order valence-corrected chi connectivity index (χ4v) is 1.83. The third kappa shape index (κ3) is 4.75. The molecule has 22 heavy (non-hydrogen) atoms. The van der Waals surface area contributed by atoms with Crippen LogP contribution in [0.5, 0.6) is 5.75 Å². The fraction of sp³-hybridized carbons (Fsp3) is 0.0588. The van der Waals surface area contributed by atoms with Gasteiger partial charge in [0.25, 0.3) is 0 Å². The van der Waals surface area contributed by atoms with E-state index in [1.165, 1.54) is 6.08 Å². The highest BCUT2D eigenvalue weighted by atomic mass is 35.5. The van der Waals surface area contributed by atoms with E-state index in [4.69, 9.17) is 16.3 Å². The van der Waals surface area contributed by atoms with Crippen molar-refractivity contribution in [3.05, 3.63) is 70.8 Å². The first-order valence-electron chi connectivity index (χ1n) is 6.45. The molecule has 0 radical (unpaired) electrons. The first-order chi connectivity index (χ1) is 10.5. The van der Waals surface area contributed by atoms with Crippen LogP contribution in [0.2, 0.25) is 5.02 Å². The van der Waals surface area contributed by atoms with Crippen LogP contribution in [-0.2, 0) is 4.79 Å². The highest BCUT2D eigenvalue weighted by Crippen LogP contribution is 2.14. The van der Waals surface area contributed by atoms with Crippen molar-refractivity contribution in [2.75, 3.05) is 6.61 Å². The van der Waals surface area contributed by atoms with E-state index in [1.54, 1.807) is 54.6 Å². The van der Waals surface area contributed by atoms with E-state index in [0.29, 0.717) is 16.3 Å². The standard InChI is InChI=1S/C17H13ClO4/c18-14-6-4-13(5-7-14)16(19)10-3-12-1-8-15(9-2-12)22-11-17(20)21/h1-10H,11H2,(H,20,21)/p-1/b10-3+. The minimum Gasteiger partial charge on any atom is -0.546 e. The summed E-state index contributed by atoms with van der Waals surface area (Å²) in [6.07, 6.45) is 3.12. The smallest absolute Gasteiger partial charge is 0.185 e. The van der Waals surface area contributed by atoms with Gasteiger partial charge in [0.15, 0.2) is 5.78 Å². The van der Waals surface area contributed by atoms with Gasteiger partial charge in [0.05, 0.1) is 5.97 Å². The summed E-state index contributed by atoms with van der Waals surface area (Å²) in [6.45, 7) is -0.496. The zero-order valence-electron chi connectivity index (χ0n) is 11.5. The van der Waals surface area contributed by atoms with E-state index in [0.717, 1.165) is 5.56 Å². The number of benzene rings is 2. The van der Waals surface area contributed by atoms with Crippen molar-refractivity contribution < 1.29 is 19.4 Å². The number of allylic oxidation sites excluding steroid dienone is 1. The monoisotopic (exact) mass is 315 g/mol. The lowest BCUT2D eigenvalue weighted by molar-refractivity contribution is -0.307. The van der Waals surface area contributed by atoms with Crippen LogP contribution in [0.15, 0.2) is 54.6 Å². The number of carbonyl (C=O) groups excluding carboxylic acids is 2. The Morgan fingerprint density at radius 3 is 2.27 bits per heavy atom. The summed E-state index contributed by atoms with van der Waals surface area (Å²) in [4.78, 5) is 22.2. The molecular formula is C17H12ClO4-. The highest BCUT2D eigenvalue weighted by molar-refractivity contribution is 6.30. The van der Waals surface area contributed by atoms with Gasteiger partial charge in [-0.3, -0.25) is 4.79 Å². The molecule has 0 bridgehead atoms. The van der Waals surface area contributed by atoms with Gasteiger partial charge in [-0.2, -0.15) is 0 Å². The Morgan fingerprint density at radius 2 is 1.68 bits per heavy atom. The minimum atomic E-state index is -1.28. The second-order valence-electron chi connectivity index (χ2n) is 4.43. The fourth-order valence-electron chi connectivity index (χ4n) is 1.70. The second-order valence-corrected chi connectivity index (χ2v) is 4.87. The van der Waals surface area contributed by atoms with E-state index in [-0.39, 0.29) is 5.78 Å². The molecule has 0 aliphatic rings. The number of carboxylic acids is 1. The predicted molar refractivity (Wildman–Crippen MR) is 81.8 cm³/mol.